The summed E-state index contributed by atoms with van der Waals surface area (Å²) in [4.78, 5) is 30.1. The topological polar surface area (TPSA) is 132 Å². The average molecular weight is 493 g/mol. The number of nitrogens with zero attached hydrogens (tertiary/aromatic N) is 2. The first kappa shape index (κ1) is 23.8. The third-order valence-electron chi connectivity index (χ3n) is 5.72. The van der Waals surface area contributed by atoms with Crippen molar-refractivity contribution in [3.8, 4) is 0 Å². The Morgan fingerprint density at radius 1 is 1.24 bits per heavy atom. The van der Waals surface area contributed by atoms with Crippen molar-refractivity contribution in [1.29, 1.82) is 0 Å². The number of benzene rings is 1. The lowest BCUT2D eigenvalue weighted by Crippen LogP contribution is -2.59. The number of nitrogens with one attached hydrogen (secondary N) is 2. The van der Waals surface area contributed by atoms with Gasteiger partial charge in [-0.05, 0) is 42.3 Å². The highest BCUT2D eigenvalue weighted by molar-refractivity contribution is 7.89. The summed E-state index contributed by atoms with van der Waals surface area (Å²) in [5, 5.41) is 11.7. The largest absolute Gasteiger partial charge is 0.481 e. The van der Waals surface area contributed by atoms with E-state index >= 15 is 0 Å². The lowest BCUT2D eigenvalue weighted by atomic mass is 10.0. The van der Waals surface area contributed by atoms with Crippen LogP contribution in [0, 0.1) is 0 Å². The van der Waals surface area contributed by atoms with Crippen LogP contribution in [-0.2, 0) is 21.2 Å². The fourth-order valence-electron chi connectivity index (χ4n) is 3.79. The quantitative estimate of drug-likeness (QED) is 0.464. The molecule has 1 fully saturated rings. The van der Waals surface area contributed by atoms with Crippen LogP contribution in [0.15, 0.2) is 53.6 Å². The van der Waals surface area contributed by atoms with Crippen molar-refractivity contribution in [1.82, 2.24) is 19.6 Å². The van der Waals surface area contributed by atoms with Crippen LogP contribution in [0.3, 0.4) is 0 Å². The van der Waals surface area contributed by atoms with Gasteiger partial charge in [0.1, 0.15) is 17.4 Å². The minimum Gasteiger partial charge on any atom is -0.481 e. The molecule has 12 heteroatoms. The lowest BCUT2D eigenvalue weighted by molar-refractivity contribution is -0.136. The molecule has 0 radical (unpaired) electrons. The Hall–Kier alpha value is -3.38. The maximum Gasteiger partial charge on any atom is 0.303 e. The third-order valence-corrected chi connectivity index (χ3v) is 7.60. The van der Waals surface area contributed by atoms with E-state index in [2.05, 4.69) is 15.3 Å². The Morgan fingerprint density at radius 2 is 1.97 bits per heavy atom. The number of hydrogen-bond donors (Lipinski definition) is 3. The molecule has 3 heterocycles. The molecule has 4 rings (SSSR count). The van der Waals surface area contributed by atoms with Crippen molar-refractivity contribution < 1.29 is 31.9 Å². The van der Waals surface area contributed by atoms with E-state index in [1.807, 2.05) is 0 Å². The van der Waals surface area contributed by atoms with Gasteiger partial charge >= 0.3 is 5.97 Å². The monoisotopic (exact) mass is 492 g/mol. The molecule has 9 nitrogen and oxygen atoms in total. The summed E-state index contributed by atoms with van der Waals surface area (Å²) in [5.41, 5.74) is 1.12. The number of halogens is 2. The number of carbonyl (C=O) groups excluding carboxylic acids is 1. The Bertz CT molecular complexity index is 1290. The molecule has 1 amide bonds. The summed E-state index contributed by atoms with van der Waals surface area (Å²) < 4.78 is 56.3. The van der Waals surface area contributed by atoms with Gasteiger partial charge in [0.15, 0.2) is 0 Å². The van der Waals surface area contributed by atoms with Crippen molar-refractivity contribution in [3.63, 3.8) is 0 Å². The molecular formula is C22H22F2N4O5S. The lowest BCUT2D eigenvalue weighted by Gasteiger charge is -2.37. The molecule has 1 atom stereocenters. The van der Waals surface area contributed by atoms with Gasteiger partial charge < -0.3 is 15.4 Å². The van der Waals surface area contributed by atoms with Crippen LogP contribution in [0.5, 0.6) is 0 Å². The van der Waals surface area contributed by atoms with Crippen molar-refractivity contribution in [2.75, 3.05) is 13.1 Å². The molecule has 1 aliphatic rings. The van der Waals surface area contributed by atoms with E-state index < -0.39 is 53.4 Å². The van der Waals surface area contributed by atoms with Crippen molar-refractivity contribution >= 4 is 32.9 Å². The standard InChI is InChI=1S/C22H22F2N4O5S/c23-22(24)9-11-28(34(32,33)16-6-3-14(4-7-16)5-8-19(29)30)13-18(22)27-21(31)17-12-15-2-1-10-25-20(15)26-17/h1-4,6-7,10,12,18H,5,8-9,11,13H2,(H,25,26)(H,27,31)(H,29,30)/t18-/m0/s1. The highest BCUT2D eigenvalue weighted by Crippen LogP contribution is 2.31. The molecule has 180 valence electrons. The van der Waals surface area contributed by atoms with Gasteiger partial charge in [0.25, 0.3) is 11.8 Å². The maximum absolute atomic E-state index is 14.6. The second-order valence-electron chi connectivity index (χ2n) is 8.06. The number of carbonyl (C=O) groups is 2. The smallest absolute Gasteiger partial charge is 0.303 e. The maximum atomic E-state index is 14.6. The van der Waals surface area contributed by atoms with E-state index in [-0.39, 0.29) is 23.4 Å². The molecule has 0 unspecified atom stereocenters. The molecule has 0 spiro atoms. The second-order valence-corrected chi connectivity index (χ2v) is 10.0. The van der Waals surface area contributed by atoms with Crippen LogP contribution in [-0.4, -0.2) is 64.7 Å². The van der Waals surface area contributed by atoms with E-state index in [9.17, 15) is 26.8 Å². The predicted octanol–water partition coefficient (Wildman–Crippen LogP) is 2.41. The van der Waals surface area contributed by atoms with Gasteiger partial charge in [-0.1, -0.05) is 12.1 Å². The number of fused-ring (bicyclic) bond motifs is 1. The average Bonchev–Trinajstić information content (AvgIpc) is 3.23. The van der Waals surface area contributed by atoms with Crippen LogP contribution in [0.25, 0.3) is 11.0 Å². The molecule has 0 saturated carbocycles. The fraction of sp³-hybridized carbons (Fsp3) is 0.318. The number of carboxylic acid groups (broad SMARTS) is 1. The first-order valence-corrected chi connectivity index (χ1v) is 11.9. The number of H-pyrrole nitrogens is 1. The number of aromatic nitrogens is 2. The van der Waals surface area contributed by atoms with Crippen LogP contribution < -0.4 is 5.32 Å². The van der Waals surface area contributed by atoms with Gasteiger partial charge in [0.2, 0.25) is 10.0 Å². The third kappa shape index (κ3) is 4.92. The SMILES string of the molecule is O=C(O)CCc1ccc(S(=O)(=O)N2CCC(F)(F)[C@@H](NC(=O)c3cc4cccnc4[nH]3)C2)cc1. The second kappa shape index (κ2) is 9.11. The van der Waals surface area contributed by atoms with E-state index in [0.29, 0.717) is 16.6 Å². The summed E-state index contributed by atoms with van der Waals surface area (Å²) in [6.45, 7) is -1.00. The van der Waals surface area contributed by atoms with Gasteiger partial charge in [-0.25, -0.2) is 22.2 Å². The Balaban J connectivity index is 1.49. The number of carboxylic acids is 1. The molecule has 0 aliphatic carbocycles. The first-order valence-electron chi connectivity index (χ1n) is 10.5. The number of aryl methyl sites for hydroxylation is 1. The molecule has 1 aromatic carbocycles. The van der Waals surface area contributed by atoms with E-state index in [1.165, 1.54) is 36.5 Å². The van der Waals surface area contributed by atoms with Gasteiger partial charge in [-0.2, -0.15) is 4.31 Å². The molecule has 34 heavy (non-hydrogen) atoms. The van der Waals surface area contributed by atoms with E-state index in [1.54, 1.807) is 12.1 Å². The Labute approximate surface area is 193 Å². The summed E-state index contributed by atoms with van der Waals surface area (Å²) >= 11 is 0. The number of pyridine rings is 1. The molecule has 0 bridgehead atoms. The highest BCUT2D eigenvalue weighted by atomic mass is 32.2. The number of alkyl halides is 2. The number of aromatic amines is 1. The molecule has 2 aromatic heterocycles. The summed E-state index contributed by atoms with van der Waals surface area (Å²) in [5.74, 6) is -5.06. The van der Waals surface area contributed by atoms with Gasteiger partial charge in [-0.3, -0.25) is 9.59 Å². The zero-order valence-electron chi connectivity index (χ0n) is 17.9. The fourth-order valence-corrected chi connectivity index (χ4v) is 5.25. The van der Waals surface area contributed by atoms with Gasteiger partial charge in [0.05, 0.1) is 4.90 Å². The summed E-state index contributed by atoms with van der Waals surface area (Å²) in [7, 11) is -4.10. The predicted molar refractivity (Wildman–Crippen MR) is 118 cm³/mol. The minimum atomic E-state index is -4.10. The van der Waals surface area contributed by atoms with Crippen molar-refractivity contribution in [3.05, 3.63) is 59.9 Å². The molecule has 1 saturated heterocycles. The number of hydrogen-bond acceptors (Lipinski definition) is 5. The minimum absolute atomic E-state index is 0.0430. The molecule has 3 aromatic rings. The van der Waals surface area contributed by atoms with Crippen LogP contribution in [0.2, 0.25) is 0 Å². The van der Waals surface area contributed by atoms with E-state index in [0.717, 1.165) is 4.31 Å². The first-order chi connectivity index (χ1) is 16.1. The van der Waals surface area contributed by atoms with Crippen LogP contribution >= 0.6 is 0 Å². The zero-order chi connectivity index (χ0) is 24.5. The molecular weight excluding hydrogens is 470 g/mol. The van der Waals surface area contributed by atoms with E-state index in [4.69, 9.17) is 5.11 Å². The summed E-state index contributed by atoms with van der Waals surface area (Å²) in [6, 6.07) is 8.79. The zero-order valence-corrected chi connectivity index (χ0v) is 18.7. The van der Waals surface area contributed by atoms with Gasteiger partial charge in [0, 0.05) is 37.5 Å². The number of sulfonamides is 1. The Kier molecular flexibility index (Phi) is 6.36. The summed E-state index contributed by atoms with van der Waals surface area (Å²) in [6.07, 6.45) is 0.920. The van der Waals surface area contributed by atoms with Gasteiger partial charge in [-0.15, -0.1) is 0 Å². The van der Waals surface area contributed by atoms with Crippen molar-refractivity contribution in [2.45, 2.75) is 36.1 Å². The van der Waals surface area contributed by atoms with Crippen molar-refractivity contribution in [2.24, 2.45) is 0 Å². The Morgan fingerprint density at radius 3 is 2.65 bits per heavy atom. The molecule has 3 N–H and O–H groups in total. The van der Waals surface area contributed by atoms with Crippen LogP contribution in [0.4, 0.5) is 8.78 Å². The normalized spacial score (nSPS) is 18.6. The number of amides is 1. The highest BCUT2D eigenvalue weighted by Gasteiger charge is 2.47. The number of aliphatic carboxylic acids is 1. The number of piperidine rings is 1. The van der Waals surface area contributed by atoms with Crippen LogP contribution in [0.1, 0.15) is 28.9 Å². The number of rotatable bonds is 7. The molecule has 1 aliphatic heterocycles.